The van der Waals surface area contributed by atoms with Crippen LogP contribution in [-0.2, 0) is 25.5 Å². The van der Waals surface area contributed by atoms with Crippen LogP contribution in [0, 0.1) is 16.7 Å². The fourth-order valence-electron chi connectivity index (χ4n) is 7.35. The molecule has 1 aromatic heterocycles. The van der Waals surface area contributed by atoms with Gasteiger partial charge in [-0.1, -0.05) is 69.3 Å². The Bertz CT molecular complexity index is 1570. The summed E-state index contributed by atoms with van der Waals surface area (Å²) in [5.41, 5.74) is 1.06. The number of carbonyl (C=O) groups is 4. The van der Waals surface area contributed by atoms with Gasteiger partial charge in [-0.25, -0.2) is 4.79 Å². The van der Waals surface area contributed by atoms with Gasteiger partial charge < -0.3 is 30.8 Å². The molecule has 2 aliphatic rings. The summed E-state index contributed by atoms with van der Waals surface area (Å²) in [6, 6.07) is 16.3. The maximum absolute atomic E-state index is 14.0. The van der Waals surface area contributed by atoms with Crippen LogP contribution in [0.1, 0.15) is 77.0 Å². The van der Waals surface area contributed by atoms with Crippen LogP contribution in [0.4, 0.5) is 4.79 Å². The van der Waals surface area contributed by atoms with Crippen molar-refractivity contribution in [1.29, 1.82) is 0 Å². The molecule has 10 nitrogen and oxygen atoms in total. The lowest BCUT2D eigenvalue weighted by molar-refractivity contribution is -0.138. The molecule has 45 heavy (non-hydrogen) atoms. The Morgan fingerprint density at radius 1 is 1.04 bits per heavy atom. The second-order valence-corrected chi connectivity index (χ2v) is 13.6. The summed E-state index contributed by atoms with van der Waals surface area (Å²) in [7, 11) is 0. The van der Waals surface area contributed by atoms with E-state index >= 15 is 0 Å². The average molecular weight is 617 g/mol. The van der Waals surface area contributed by atoms with E-state index in [1.807, 2.05) is 60.8 Å². The molecule has 0 radical (unpaired) electrons. The lowest BCUT2D eigenvalue weighted by Crippen LogP contribution is -2.59. The minimum Gasteiger partial charge on any atom is -0.481 e. The van der Waals surface area contributed by atoms with Crippen LogP contribution < -0.4 is 16.0 Å². The van der Waals surface area contributed by atoms with Crippen molar-refractivity contribution in [3.63, 3.8) is 0 Å². The van der Waals surface area contributed by atoms with Crippen molar-refractivity contribution in [2.45, 2.75) is 83.9 Å². The zero-order valence-electron chi connectivity index (χ0n) is 26.4. The molecule has 5 rings (SSSR count). The lowest BCUT2D eigenvalue weighted by atomic mass is 9.70. The number of alkyl carbamates (subject to hydrolysis) is 1. The number of H-pyrrole nitrogens is 1. The fourth-order valence-corrected chi connectivity index (χ4v) is 7.35. The van der Waals surface area contributed by atoms with E-state index < -0.39 is 35.5 Å². The van der Waals surface area contributed by atoms with Gasteiger partial charge in [-0.05, 0) is 54.7 Å². The molecule has 0 spiro atoms. The predicted molar refractivity (Wildman–Crippen MR) is 170 cm³/mol. The molecule has 3 aromatic rings. The third-order valence-electron chi connectivity index (χ3n) is 10.6. The number of amides is 3. The van der Waals surface area contributed by atoms with Gasteiger partial charge in [-0.2, -0.15) is 0 Å². The number of hydrogen-bond donors (Lipinski definition) is 5. The van der Waals surface area contributed by atoms with Crippen molar-refractivity contribution < 1.29 is 29.0 Å². The van der Waals surface area contributed by atoms with Crippen molar-refractivity contribution in [2.75, 3.05) is 6.54 Å². The molecule has 4 unspecified atom stereocenters. The fraction of sp³-hybridized carbons (Fsp3) is 0.486. The van der Waals surface area contributed by atoms with Gasteiger partial charge in [-0.15, -0.1) is 0 Å². The highest BCUT2D eigenvalue weighted by Gasteiger charge is 2.63. The second-order valence-electron chi connectivity index (χ2n) is 13.6. The Morgan fingerprint density at radius 2 is 1.76 bits per heavy atom. The number of aliphatic carboxylic acids is 1. The normalized spacial score (nSPS) is 23.6. The number of rotatable bonds is 12. The summed E-state index contributed by atoms with van der Waals surface area (Å²) >= 11 is 0. The largest absolute Gasteiger partial charge is 0.481 e. The van der Waals surface area contributed by atoms with Gasteiger partial charge in [0.25, 0.3) is 0 Å². The Hall–Kier alpha value is -4.34. The third-order valence-corrected chi connectivity index (χ3v) is 10.6. The number of fused-ring (bicyclic) bond motifs is 3. The monoisotopic (exact) mass is 616 g/mol. The van der Waals surface area contributed by atoms with Crippen LogP contribution in [0.25, 0.3) is 10.9 Å². The van der Waals surface area contributed by atoms with Crippen LogP contribution in [0.5, 0.6) is 0 Å². The molecule has 5 atom stereocenters. The number of aromatic nitrogens is 1. The van der Waals surface area contributed by atoms with Gasteiger partial charge in [0.2, 0.25) is 11.8 Å². The third kappa shape index (κ3) is 6.55. The SMILES string of the molecule is CC(Cc1c[nH]c2ccccc12)(NC(=O)OC1CC2CCC1(C)C2(C)C)C(=O)NC[C@H](NC(=O)CCC(=O)O)c1ccccc1. The smallest absolute Gasteiger partial charge is 0.408 e. The summed E-state index contributed by atoms with van der Waals surface area (Å²) in [4.78, 5) is 54.4. The van der Waals surface area contributed by atoms with Crippen molar-refractivity contribution >= 4 is 34.8 Å². The molecule has 1 heterocycles. The first-order chi connectivity index (χ1) is 21.3. The van der Waals surface area contributed by atoms with Gasteiger partial charge in [0, 0.05) is 41.9 Å². The van der Waals surface area contributed by atoms with Gasteiger partial charge in [-0.3, -0.25) is 14.4 Å². The molecular formula is C35H44N4O6. The molecule has 10 heteroatoms. The summed E-state index contributed by atoms with van der Waals surface area (Å²) in [6.45, 7) is 8.41. The molecule has 2 aliphatic carbocycles. The Morgan fingerprint density at radius 3 is 2.42 bits per heavy atom. The molecule has 2 bridgehead atoms. The van der Waals surface area contributed by atoms with E-state index in [2.05, 4.69) is 41.7 Å². The molecule has 2 fully saturated rings. The second kappa shape index (κ2) is 12.6. The number of carboxylic acids is 1. The number of para-hydroxylation sites is 1. The number of carbonyl (C=O) groups excluding carboxylic acids is 3. The van der Waals surface area contributed by atoms with Crippen molar-refractivity contribution in [3.05, 3.63) is 71.9 Å². The summed E-state index contributed by atoms with van der Waals surface area (Å²) < 4.78 is 6.09. The van der Waals surface area contributed by atoms with E-state index in [9.17, 15) is 19.2 Å². The maximum atomic E-state index is 14.0. The first kappa shape index (κ1) is 32.1. The summed E-state index contributed by atoms with van der Waals surface area (Å²) in [5, 5.41) is 18.7. The number of carboxylic acid groups (broad SMARTS) is 1. The van der Waals surface area contributed by atoms with Gasteiger partial charge in [0.05, 0.1) is 12.5 Å². The molecule has 0 saturated heterocycles. The van der Waals surface area contributed by atoms with E-state index in [4.69, 9.17) is 9.84 Å². The first-order valence-corrected chi connectivity index (χ1v) is 15.7. The molecule has 3 amide bonds. The van der Waals surface area contributed by atoms with Crippen LogP contribution in [0.2, 0.25) is 0 Å². The zero-order valence-corrected chi connectivity index (χ0v) is 26.4. The number of aromatic amines is 1. The van der Waals surface area contributed by atoms with Gasteiger partial charge in [0.15, 0.2) is 0 Å². The van der Waals surface area contributed by atoms with E-state index in [1.165, 1.54) is 0 Å². The lowest BCUT2D eigenvalue weighted by Gasteiger charge is -2.39. The van der Waals surface area contributed by atoms with Crippen LogP contribution >= 0.6 is 0 Å². The molecule has 5 N–H and O–H groups in total. The van der Waals surface area contributed by atoms with Gasteiger partial charge in [0.1, 0.15) is 11.6 Å². The number of hydrogen-bond acceptors (Lipinski definition) is 5. The molecular weight excluding hydrogens is 572 g/mol. The van der Waals surface area contributed by atoms with E-state index in [-0.39, 0.29) is 42.7 Å². The van der Waals surface area contributed by atoms with Crippen molar-refractivity contribution in [1.82, 2.24) is 20.9 Å². The van der Waals surface area contributed by atoms with E-state index in [0.29, 0.717) is 5.92 Å². The zero-order chi connectivity index (χ0) is 32.4. The minimum absolute atomic E-state index is 0.0262. The van der Waals surface area contributed by atoms with E-state index in [0.717, 1.165) is 41.3 Å². The van der Waals surface area contributed by atoms with Crippen LogP contribution in [0.15, 0.2) is 60.8 Å². The highest BCUT2D eigenvalue weighted by Crippen LogP contribution is 2.66. The van der Waals surface area contributed by atoms with Crippen LogP contribution in [0.3, 0.4) is 0 Å². The molecule has 2 aromatic carbocycles. The summed E-state index contributed by atoms with van der Waals surface area (Å²) in [6.07, 6.45) is 3.60. The predicted octanol–water partition coefficient (Wildman–Crippen LogP) is 5.25. The quantitative estimate of drug-likeness (QED) is 0.188. The average Bonchev–Trinajstić information content (AvgIpc) is 3.57. The summed E-state index contributed by atoms with van der Waals surface area (Å²) in [5.74, 6) is -1.46. The Kier molecular flexibility index (Phi) is 8.96. The van der Waals surface area contributed by atoms with Crippen LogP contribution in [-0.4, -0.2) is 52.2 Å². The number of ether oxygens (including phenoxy) is 1. The Balaban J connectivity index is 1.35. The van der Waals surface area contributed by atoms with Gasteiger partial charge >= 0.3 is 12.1 Å². The maximum Gasteiger partial charge on any atom is 0.408 e. The highest BCUT2D eigenvalue weighted by atomic mass is 16.6. The highest BCUT2D eigenvalue weighted by molar-refractivity contribution is 5.91. The molecule has 0 aliphatic heterocycles. The number of nitrogens with one attached hydrogen (secondary N) is 4. The Labute approximate surface area is 263 Å². The van der Waals surface area contributed by atoms with Crippen molar-refractivity contribution in [2.24, 2.45) is 16.7 Å². The topological polar surface area (TPSA) is 150 Å². The standard InChI is InChI=1S/C35H44N4O6/c1-33(2)24-16-17-34(33,3)28(18-24)45-32(44)39-35(4,19-23-20-36-26-13-9-8-12-25(23)26)31(43)37-21-27(22-10-6-5-7-11-22)38-29(40)14-15-30(41)42/h5-13,20,24,27-28,36H,14-19,21H2,1-4H3,(H,37,43)(H,38,40)(H,39,44)(H,41,42)/t24?,27-,28?,34?,35?/m0/s1. The number of benzene rings is 2. The molecule has 240 valence electrons. The molecule has 2 saturated carbocycles. The van der Waals surface area contributed by atoms with Crippen molar-refractivity contribution in [3.8, 4) is 0 Å². The first-order valence-electron chi connectivity index (χ1n) is 15.7. The van der Waals surface area contributed by atoms with E-state index in [1.54, 1.807) is 6.92 Å². The minimum atomic E-state index is -1.40.